The number of thiazole rings is 1. The summed E-state index contributed by atoms with van der Waals surface area (Å²) in [4.78, 5) is 4.64. The van der Waals surface area contributed by atoms with Crippen LogP contribution in [0.15, 0.2) is 22.6 Å². The van der Waals surface area contributed by atoms with Crippen LogP contribution in [0.5, 0.6) is 0 Å². The van der Waals surface area contributed by atoms with Crippen molar-refractivity contribution in [1.29, 1.82) is 0 Å². The summed E-state index contributed by atoms with van der Waals surface area (Å²) < 4.78 is 18.6. The molecule has 4 nitrogen and oxygen atoms in total. The average molecular weight is 522 g/mol. The van der Waals surface area contributed by atoms with Crippen molar-refractivity contribution in [2.45, 2.75) is 124 Å². The Balaban J connectivity index is 1.91. The predicted molar refractivity (Wildman–Crippen MR) is 154 cm³/mol. The molecule has 0 N–H and O–H groups in total. The van der Waals surface area contributed by atoms with Crippen LogP contribution in [0.2, 0.25) is 18.1 Å². The Labute approximate surface area is 220 Å². The average Bonchev–Trinajstić information content (AvgIpc) is 3.19. The SMILES string of the molecule is C/C(=C/C[C@H](O[Si](C)(C)C(C)(C)C)/C(C)=C/c1csc(C)n1)CCC[C@H](C)COC1CCCCO1. The van der Waals surface area contributed by atoms with Gasteiger partial charge >= 0.3 is 0 Å². The second-order valence-electron chi connectivity index (χ2n) is 12.0. The second kappa shape index (κ2) is 14.2. The maximum absolute atomic E-state index is 6.90. The molecule has 0 amide bonds. The van der Waals surface area contributed by atoms with E-state index in [-0.39, 0.29) is 17.4 Å². The molecule has 0 saturated carbocycles. The summed E-state index contributed by atoms with van der Waals surface area (Å²) in [6, 6.07) is 0. The van der Waals surface area contributed by atoms with E-state index in [1.165, 1.54) is 36.8 Å². The van der Waals surface area contributed by atoms with Gasteiger partial charge in [-0.25, -0.2) is 4.98 Å². The number of hydrogen-bond donors (Lipinski definition) is 0. The lowest BCUT2D eigenvalue weighted by Gasteiger charge is -2.39. The highest BCUT2D eigenvalue weighted by Gasteiger charge is 2.39. The van der Waals surface area contributed by atoms with E-state index in [9.17, 15) is 0 Å². The molecule has 3 atom stereocenters. The van der Waals surface area contributed by atoms with Crippen molar-refractivity contribution in [3.63, 3.8) is 0 Å². The first-order valence-electron chi connectivity index (χ1n) is 13.5. The van der Waals surface area contributed by atoms with E-state index in [1.807, 2.05) is 0 Å². The maximum atomic E-state index is 6.90. The molecule has 0 bridgehead atoms. The Bertz CT molecular complexity index is 818. The summed E-state index contributed by atoms with van der Waals surface area (Å²) in [6.45, 7) is 22.1. The first kappa shape index (κ1) is 30.4. The van der Waals surface area contributed by atoms with Crippen molar-refractivity contribution in [2.75, 3.05) is 13.2 Å². The fourth-order valence-corrected chi connectivity index (χ4v) is 5.89. The molecule has 1 unspecified atom stereocenters. The number of rotatable bonds is 13. The molecule has 2 rings (SSSR count). The first-order valence-corrected chi connectivity index (χ1v) is 17.3. The molecule has 0 spiro atoms. The van der Waals surface area contributed by atoms with E-state index < -0.39 is 8.32 Å². The molecule has 2 heterocycles. The van der Waals surface area contributed by atoms with Gasteiger partial charge in [-0.1, -0.05) is 39.3 Å². The Kier molecular flexibility index (Phi) is 12.4. The molecule has 1 aliphatic heterocycles. The number of ether oxygens (including phenoxy) is 2. The molecule has 6 heteroatoms. The number of aryl methyl sites for hydroxylation is 1. The zero-order chi connectivity index (χ0) is 26.1. The van der Waals surface area contributed by atoms with Crippen molar-refractivity contribution in [1.82, 2.24) is 4.98 Å². The second-order valence-corrected chi connectivity index (χ2v) is 17.8. The first-order chi connectivity index (χ1) is 16.4. The zero-order valence-corrected chi connectivity index (χ0v) is 25.7. The maximum Gasteiger partial charge on any atom is 0.192 e. The van der Waals surface area contributed by atoms with Gasteiger partial charge in [-0.3, -0.25) is 0 Å². The van der Waals surface area contributed by atoms with Crippen LogP contribution in [-0.2, 0) is 13.9 Å². The summed E-state index contributed by atoms with van der Waals surface area (Å²) >= 11 is 1.70. The van der Waals surface area contributed by atoms with Crippen molar-refractivity contribution in [3.05, 3.63) is 33.3 Å². The molecule has 35 heavy (non-hydrogen) atoms. The Hall–Kier alpha value is -0.793. The number of allylic oxidation sites excluding steroid dienone is 1. The summed E-state index contributed by atoms with van der Waals surface area (Å²) in [6.07, 6.45) is 12.6. The van der Waals surface area contributed by atoms with Crippen molar-refractivity contribution in [2.24, 2.45) is 5.92 Å². The van der Waals surface area contributed by atoms with Crippen LogP contribution in [0.3, 0.4) is 0 Å². The van der Waals surface area contributed by atoms with E-state index in [2.05, 4.69) is 84.1 Å². The quantitative estimate of drug-likeness (QED) is 0.192. The van der Waals surface area contributed by atoms with E-state index in [4.69, 9.17) is 13.9 Å². The highest BCUT2D eigenvalue weighted by atomic mass is 32.1. The third-order valence-electron chi connectivity index (χ3n) is 7.42. The van der Waals surface area contributed by atoms with E-state index in [0.717, 1.165) is 43.2 Å². The summed E-state index contributed by atoms with van der Waals surface area (Å²) in [7, 11) is -1.89. The standard InChI is InChI=1S/C29H51NO3SSi/c1-22(13-12-14-23(2)20-32-28-15-10-11-18-31-28)16-17-27(33-35(8,9)29(5,6)7)24(3)19-26-21-34-25(4)30-26/h16,19,21,23,27-28H,10-15,17-18,20H2,1-9H3/b22-16-,24-19+/t23-,27-,28?/m0/s1. The number of hydrogen-bond acceptors (Lipinski definition) is 5. The molecule has 0 aromatic carbocycles. The van der Waals surface area contributed by atoms with Crippen LogP contribution in [0.25, 0.3) is 6.08 Å². The summed E-state index contributed by atoms with van der Waals surface area (Å²) in [5, 5.41) is 3.42. The normalized spacial score (nSPS) is 20.2. The lowest BCUT2D eigenvalue weighted by atomic mass is 10.0. The molecule has 1 aromatic heterocycles. The van der Waals surface area contributed by atoms with Crippen molar-refractivity contribution in [3.8, 4) is 0 Å². The lowest BCUT2D eigenvalue weighted by molar-refractivity contribution is -0.168. The molecule has 0 aliphatic carbocycles. The smallest absolute Gasteiger partial charge is 0.192 e. The number of nitrogens with zero attached hydrogens (tertiary/aromatic N) is 1. The van der Waals surface area contributed by atoms with Gasteiger partial charge in [0.25, 0.3) is 0 Å². The van der Waals surface area contributed by atoms with Gasteiger partial charge in [0.2, 0.25) is 0 Å². The van der Waals surface area contributed by atoms with Gasteiger partial charge in [0.1, 0.15) is 0 Å². The van der Waals surface area contributed by atoms with Crippen LogP contribution in [0, 0.1) is 12.8 Å². The topological polar surface area (TPSA) is 40.6 Å². The fourth-order valence-electron chi connectivity index (χ4n) is 3.97. The van der Waals surface area contributed by atoms with Crippen molar-refractivity contribution < 1.29 is 13.9 Å². The van der Waals surface area contributed by atoms with Gasteiger partial charge < -0.3 is 13.9 Å². The van der Waals surface area contributed by atoms with Gasteiger partial charge in [0, 0.05) is 12.0 Å². The van der Waals surface area contributed by atoms with Gasteiger partial charge in [-0.05, 0) is 101 Å². The fraction of sp³-hybridized carbons (Fsp3) is 0.759. The predicted octanol–water partition coefficient (Wildman–Crippen LogP) is 8.93. The molecule has 1 saturated heterocycles. The van der Waals surface area contributed by atoms with Gasteiger partial charge in [-0.2, -0.15) is 0 Å². The summed E-state index contributed by atoms with van der Waals surface area (Å²) in [5.41, 5.74) is 3.76. The van der Waals surface area contributed by atoms with Crippen LogP contribution >= 0.6 is 11.3 Å². The highest BCUT2D eigenvalue weighted by molar-refractivity contribution is 7.09. The monoisotopic (exact) mass is 521 g/mol. The van der Waals surface area contributed by atoms with E-state index in [0.29, 0.717) is 5.92 Å². The molecule has 1 fully saturated rings. The van der Waals surface area contributed by atoms with E-state index in [1.54, 1.807) is 11.3 Å². The Morgan fingerprint density at radius 1 is 1.29 bits per heavy atom. The van der Waals surface area contributed by atoms with Crippen molar-refractivity contribution >= 4 is 25.7 Å². The number of aromatic nitrogens is 1. The van der Waals surface area contributed by atoms with Crippen LogP contribution in [-0.4, -0.2) is 38.9 Å². The molecular formula is C29H51NO3SSi. The Morgan fingerprint density at radius 3 is 2.63 bits per heavy atom. The third kappa shape index (κ3) is 11.0. The van der Waals surface area contributed by atoms with Crippen LogP contribution < -0.4 is 0 Å². The highest BCUT2D eigenvalue weighted by Crippen LogP contribution is 2.38. The minimum atomic E-state index is -1.89. The summed E-state index contributed by atoms with van der Waals surface area (Å²) in [5.74, 6) is 0.565. The molecule has 1 aliphatic rings. The molecular weight excluding hydrogens is 470 g/mol. The Morgan fingerprint density at radius 2 is 2.03 bits per heavy atom. The molecule has 1 aromatic rings. The molecule has 0 radical (unpaired) electrons. The minimum Gasteiger partial charge on any atom is -0.410 e. The van der Waals surface area contributed by atoms with Gasteiger partial charge in [-0.15, -0.1) is 11.3 Å². The van der Waals surface area contributed by atoms with Crippen LogP contribution in [0.1, 0.15) is 97.2 Å². The lowest BCUT2D eigenvalue weighted by Crippen LogP contribution is -2.44. The third-order valence-corrected chi connectivity index (χ3v) is 12.7. The molecule has 200 valence electrons. The zero-order valence-electron chi connectivity index (χ0n) is 23.9. The van der Waals surface area contributed by atoms with Gasteiger partial charge in [0.05, 0.1) is 23.4 Å². The van der Waals surface area contributed by atoms with E-state index >= 15 is 0 Å². The van der Waals surface area contributed by atoms with Gasteiger partial charge in [0.15, 0.2) is 14.6 Å². The largest absolute Gasteiger partial charge is 0.410 e. The van der Waals surface area contributed by atoms with Crippen LogP contribution in [0.4, 0.5) is 0 Å². The minimum absolute atomic E-state index is 0.0233.